The van der Waals surface area contributed by atoms with E-state index >= 15 is 0 Å². The SMILES string of the molecule is O=[N+]([O-])c1ccc(-c2cc(F)cc(F)c2)nc1. The Bertz CT molecular complexity index is 550. The second-order valence-electron chi connectivity index (χ2n) is 3.32. The van der Waals surface area contributed by atoms with Crippen molar-refractivity contribution in [2.45, 2.75) is 0 Å². The number of nitrogens with zero attached hydrogens (tertiary/aromatic N) is 2. The molecule has 2 rings (SSSR count). The lowest BCUT2D eigenvalue weighted by atomic mass is 10.1. The Labute approximate surface area is 94.7 Å². The fraction of sp³-hybridized carbons (Fsp3) is 0. The summed E-state index contributed by atoms with van der Waals surface area (Å²) in [5, 5.41) is 10.4. The lowest BCUT2D eigenvalue weighted by molar-refractivity contribution is -0.385. The first kappa shape index (κ1) is 11.1. The molecule has 86 valence electrons. The van der Waals surface area contributed by atoms with E-state index in [1.54, 1.807) is 0 Å². The molecule has 0 aliphatic heterocycles. The fourth-order valence-corrected chi connectivity index (χ4v) is 1.37. The van der Waals surface area contributed by atoms with Gasteiger partial charge in [-0.05, 0) is 18.2 Å². The normalized spacial score (nSPS) is 10.2. The first-order chi connectivity index (χ1) is 8.06. The summed E-state index contributed by atoms with van der Waals surface area (Å²) in [4.78, 5) is 13.6. The molecule has 1 heterocycles. The molecule has 4 nitrogen and oxygen atoms in total. The van der Waals surface area contributed by atoms with Crippen molar-refractivity contribution in [3.63, 3.8) is 0 Å². The van der Waals surface area contributed by atoms with Crippen LogP contribution >= 0.6 is 0 Å². The maximum Gasteiger partial charge on any atom is 0.287 e. The van der Waals surface area contributed by atoms with Gasteiger partial charge < -0.3 is 0 Å². The molecule has 0 atom stereocenters. The van der Waals surface area contributed by atoms with Gasteiger partial charge in [-0.3, -0.25) is 10.1 Å². The van der Waals surface area contributed by atoms with Crippen molar-refractivity contribution in [3.8, 4) is 11.3 Å². The minimum Gasteiger partial charge on any atom is -0.258 e. The van der Waals surface area contributed by atoms with Crippen LogP contribution in [0.5, 0.6) is 0 Å². The molecule has 6 heteroatoms. The van der Waals surface area contributed by atoms with Crippen LogP contribution in [0, 0.1) is 21.7 Å². The summed E-state index contributed by atoms with van der Waals surface area (Å²) >= 11 is 0. The molecule has 2 aromatic rings. The molecule has 17 heavy (non-hydrogen) atoms. The molecule has 0 fully saturated rings. The second-order valence-corrected chi connectivity index (χ2v) is 3.32. The number of aromatic nitrogens is 1. The van der Waals surface area contributed by atoms with Crippen molar-refractivity contribution in [2.24, 2.45) is 0 Å². The first-order valence-electron chi connectivity index (χ1n) is 4.63. The van der Waals surface area contributed by atoms with Crippen LogP contribution in [-0.4, -0.2) is 9.91 Å². The summed E-state index contributed by atoms with van der Waals surface area (Å²) in [6, 6.07) is 5.53. The summed E-state index contributed by atoms with van der Waals surface area (Å²) in [6.07, 6.45) is 1.04. The van der Waals surface area contributed by atoms with Gasteiger partial charge in [-0.2, -0.15) is 0 Å². The zero-order valence-electron chi connectivity index (χ0n) is 8.43. The number of pyridine rings is 1. The molecule has 1 aromatic heterocycles. The largest absolute Gasteiger partial charge is 0.287 e. The molecule has 0 aliphatic carbocycles. The quantitative estimate of drug-likeness (QED) is 0.595. The van der Waals surface area contributed by atoms with Gasteiger partial charge in [0.15, 0.2) is 0 Å². The monoisotopic (exact) mass is 236 g/mol. The van der Waals surface area contributed by atoms with Gasteiger partial charge in [0.05, 0.1) is 10.6 Å². The summed E-state index contributed by atoms with van der Waals surface area (Å²) in [5.74, 6) is -1.44. The summed E-state index contributed by atoms with van der Waals surface area (Å²) in [7, 11) is 0. The van der Waals surface area contributed by atoms with Crippen LogP contribution in [0.4, 0.5) is 14.5 Å². The van der Waals surface area contributed by atoms with Crippen LogP contribution < -0.4 is 0 Å². The standard InChI is InChI=1S/C11H6F2N2O2/c12-8-3-7(4-9(13)5-8)11-2-1-10(6-14-11)15(16)17/h1-6H. The van der Waals surface area contributed by atoms with Gasteiger partial charge in [-0.1, -0.05) is 0 Å². The fourth-order valence-electron chi connectivity index (χ4n) is 1.37. The predicted octanol–water partition coefficient (Wildman–Crippen LogP) is 2.94. The molecule has 0 saturated carbocycles. The minimum atomic E-state index is -0.722. The second kappa shape index (κ2) is 4.25. The number of rotatable bonds is 2. The molecule has 0 saturated heterocycles. The third kappa shape index (κ3) is 2.41. The summed E-state index contributed by atoms with van der Waals surface area (Å²) < 4.78 is 25.9. The molecular formula is C11H6F2N2O2. The van der Waals surface area contributed by atoms with Crippen molar-refractivity contribution in [1.82, 2.24) is 4.98 Å². The predicted molar refractivity (Wildman–Crippen MR) is 56.2 cm³/mol. The van der Waals surface area contributed by atoms with Crippen LogP contribution in [0.15, 0.2) is 36.5 Å². The Balaban J connectivity index is 2.43. The highest BCUT2D eigenvalue weighted by atomic mass is 19.1. The Kier molecular flexibility index (Phi) is 2.78. The third-order valence-corrected chi connectivity index (χ3v) is 2.12. The maximum absolute atomic E-state index is 12.9. The van der Waals surface area contributed by atoms with E-state index < -0.39 is 16.6 Å². The Hall–Kier alpha value is -2.37. The van der Waals surface area contributed by atoms with Gasteiger partial charge in [0.2, 0.25) is 0 Å². The van der Waals surface area contributed by atoms with E-state index in [0.717, 1.165) is 24.4 Å². The number of hydrogen-bond donors (Lipinski definition) is 0. The zero-order chi connectivity index (χ0) is 12.4. The van der Waals surface area contributed by atoms with Crippen LogP contribution in [0.1, 0.15) is 0 Å². The lowest BCUT2D eigenvalue weighted by Crippen LogP contribution is -1.91. The van der Waals surface area contributed by atoms with Gasteiger partial charge in [-0.25, -0.2) is 13.8 Å². The zero-order valence-corrected chi connectivity index (χ0v) is 8.43. The Morgan fingerprint density at radius 3 is 2.24 bits per heavy atom. The molecule has 0 amide bonds. The molecule has 0 N–H and O–H groups in total. The highest BCUT2D eigenvalue weighted by Crippen LogP contribution is 2.21. The maximum atomic E-state index is 12.9. The molecular weight excluding hydrogens is 230 g/mol. The van der Waals surface area contributed by atoms with Gasteiger partial charge in [-0.15, -0.1) is 0 Å². The Morgan fingerprint density at radius 1 is 1.12 bits per heavy atom. The van der Waals surface area contributed by atoms with E-state index in [4.69, 9.17) is 0 Å². The van der Waals surface area contributed by atoms with Crippen LogP contribution in [0.3, 0.4) is 0 Å². The van der Waals surface area contributed by atoms with E-state index in [9.17, 15) is 18.9 Å². The minimum absolute atomic E-state index is 0.175. The van der Waals surface area contributed by atoms with Crippen LogP contribution in [-0.2, 0) is 0 Å². The van der Waals surface area contributed by atoms with Crippen LogP contribution in [0.2, 0.25) is 0 Å². The average Bonchev–Trinajstić information content (AvgIpc) is 2.28. The number of hydrogen-bond acceptors (Lipinski definition) is 3. The summed E-state index contributed by atoms with van der Waals surface area (Å²) in [5.41, 5.74) is 0.331. The van der Waals surface area contributed by atoms with E-state index in [1.165, 1.54) is 12.1 Å². The van der Waals surface area contributed by atoms with Gasteiger partial charge in [0, 0.05) is 17.7 Å². The Morgan fingerprint density at radius 2 is 1.76 bits per heavy atom. The van der Waals surface area contributed by atoms with E-state index in [0.29, 0.717) is 0 Å². The lowest BCUT2D eigenvalue weighted by Gasteiger charge is -2.01. The average molecular weight is 236 g/mol. The topological polar surface area (TPSA) is 56.0 Å². The molecule has 0 aliphatic rings. The summed E-state index contributed by atoms with van der Waals surface area (Å²) in [6.45, 7) is 0. The number of nitro groups is 1. The first-order valence-corrected chi connectivity index (χ1v) is 4.63. The highest BCUT2D eigenvalue weighted by molar-refractivity contribution is 5.59. The molecule has 0 spiro atoms. The van der Waals surface area contributed by atoms with Crippen molar-refractivity contribution in [3.05, 3.63) is 58.3 Å². The van der Waals surface area contributed by atoms with Gasteiger partial charge >= 0.3 is 0 Å². The smallest absolute Gasteiger partial charge is 0.258 e. The number of halogens is 2. The van der Waals surface area contributed by atoms with Crippen molar-refractivity contribution < 1.29 is 13.7 Å². The van der Waals surface area contributed by atoms with Crippen LogP contribution in [0.25, 0.3) is 11.3 Å². The number of benzene rings is 1. The molecule has 1 aromatic carbocycles. The van der Waals surface area contributed by atoms with Gasteiger partial charge in [0.25, 0.3) is 5.69 Å². The van der Waals surface area contributed by atoms with Gasteiger partial charge in [0.1, 0.15) is 17.8 Å². The molecule has 0 radical (unpaired) electrons. The molecule has 0 bridgehead atoms. The highest BCUT2D eigenvalue weighted by Gasteiger charge is 2.08. The van der Waals surface area contributed by atoms with E-state index in [1.807, 2.05) is 0 Å². The third-order valence-electron chi connectivity index (χ3n) is 2.12. The van der Waals surface area contributed by atoms with Crippen molar-refractivity contribution >= 4 is 5.69 Å². The van der Waals surface area contributed by atoms with E-state index in [-0.39, 0.29) is 16.9 Å². The van der Waals surface area contributed by atoms with Crippen molar-refractivity contribution in [2.75, 3.05) is 0 Å². The van der Waals surface area contributed by atoms with E-state index in [2.05, 4.69) is 4.98 Å². The molecule has 0 unspecified atom stereocenters. The van der Waals surface area contributed by atoms with Crippen molar-refractivity contribution in [1.29, 1.82) is 0 Å².